The van der Waals surface area contributed by atoms with Crippen LogP contribution in [-0.4, -0.2) is 25.7 Å². The highest BCUT2D eigenvalue weighted by atomic mass is 79.9. The van der Waals surface area contributed by atoms with Crippen LogP contribution in [0.5, 0.6) is 5.75 Å². The zero-order valence-corrected chi connectivity index (χ0v) is 13.4. The summed E-state index contributed by atoms with van der Waals surface area (Å²) in [6.45, 7) is 2.22. The first kappa shape index (κ1) is 15.5. The molecular formula is C12H15Br2NO3. The third-order valence-electron chi connectivity index (χ3n) is 2.32. The van der Waals surface area contributed by atoms with Gasteiger partial charge < -0.3 is 15.2 Å². The molecule has 4 nitrogen and oxygen atoms in total. The van der Waals surface area contributed by atoms with E-state index in [1.54, 1.807) is 6.92 Å². The lowest BCUT2D eigenvalue weighted by molar-refractivity contribution is -0.147. The van der Waals surface area contributed by atoms with Crippen LogP contribution in [0.1, 0.15) is 12.5 Å². The molecule has 0 radical (unpaired) electrons. The predicted molar refractivity (Wildman–Crippen MR) is 76.7 cm³/mol. The van der Waals surface area contributed by atoms with E-state index in [9.17, 15) is 4.79 Å². The number of carbonyl (C=O) groups excluding carboxylic acids is 1. The predicted octanol–water partition coefficient (Wildman–Crippen LogP) is 2.65. The Kier molecular flexibility index (Phi) is 6.11. The van der Waals surface area contributed by atoms with Gasteiger partial charge in [-0.3, -0.25) is 0 Å². The Balaban J connectivity index is 2.93. The fourth-order valence-corrected chi connectivity index (χ4v) is 2.90. The number of carbonyl (C=O) groups is 1. The molecule has 0 aliphatic heterocycles. The van der Waals surface area contributed by atoms with Crippen LogP contribution in [0.2, 0.25) is 0 Å². The Morgan fingerprint density at radius 3 is 2.39 bits per heavy atom. The fourth-order valence-electron chi connectivity index (χ4n) is 1.43. The molecular weight excluding hydrogens is 366 g/mol. The number of ether oxygens (including phenoxy) is 2. The number of benzene rings is 1. The van der Waals surface area contributed by atoms with E-state index in [0.29, 0.717) is 12.3 Å². The van der Waals surface area contributed by atoms with Gasteiger partial charge >= 0.3 is 5.97 Å². The standard InChI is InChI=1S/C12H15Br2NO3/c1-7(12(16)17-2)18-11-9(13)5-8(3-4-15)6-10(11)14/h5-7H,3-4,15H2,1-2H3. The maximum Gasteiger partial charge on any atom is 0.346 e. The second-order valence-electron chi connectivity index (χ2n) is 3.71. The highest BCUT2D eigenvalue weighted by Crippen LogP contribution is 2.35. The monoisotopic (exact) mass is 379 g/mol. The Morgan fingerprint density at radius 2 is 1.94 bits per heavy atom. The average Bonchev–Trinajstić information content (AvgIpc) is 2.33. The van der Waals surface area contributed by atoms with Crippen LogP contribution < -0.4 is 10.5 Å². The molecule has 1 aromatic rings. The quantitative estimate of drug-likeness (QED) is 0.797. The molecule has 1 rings (SSSR count). The van der Waals surface area contributed by atoms with Gasteiger partial charge in [0.25, 0.3) is 0 Å². The summed E-state index contributed by atoms with van der Waals surface area (Å²) in [6.07, 6.45) is 0.118. The minimum atomic E-state index is -0.664. The van der Waals surface area contributed by atoms with Crippen LogP contribution in [0.15, 0.2) is 21.1 Å². The first-order chi connectivity index (χ1) is 8.49. The molecule has 0 aliphatic rings. The normalized spacial score (nSPS) is 12.1. The topological polar surface area (TPSA) is 61.5 Å². The SMILES string of the molecule is COC(=O)C(C)Oc1c(Br)cc(CCN)cc1Br. The molecule has 1 unspecified atom stereocenters. The molecule has 1 atom stereocenters. The second-order valence-corrected chi connectivity index (χ2v) is 5.42. The zero-order chi connectivity index (χ0) is 13.7. The molecule has 0 saturated carbocycles. The molecule has 100 valence electrons. The molecule has 0 fully saturated rings. The number of esters is 1. The largest absolute Gasteiger partial charge is 0.477 e. The third-order valence-corrected chi connectivity index (χ3v) is 3.50. The van der Waals surface area contributed by atoms with Gasteiger partial charge in [0.05, 0.1) is 16.1 Å². The summed E-state index contributed by atoms with van der Waals surface area (Å²) in [5, 5.41) is 0. The van der Waals surface area contributed by atoms with E-state index in [1.165, 1.54) is 7.11 Å². The van der Waals surface area contributed by atoms with Crippen molar-refractivity contribution in [3.05, 3.63) is 26.6 Å². The van der Waals surface area contributed by atoms with Crippen molar-refractivity contribution in [2.75, 3.05) is 13.7 Å². The second kappa shape index (κ2) is 7.11. The van der Waals surface area contributed by atoms with E-state index in [0.717, 1.165) is 20.9 Å². The van der Waals surface area contributed by atoms with Crippen molar-refractivity contribution in [3.8, 4) is 5.75 Å². The molecule has 0 aliphatic carbocycles. The molecule has 0 saturated heterocycles. The molecule has 0 amide bonds. The van der Waals surface area contributed by atoms with Gasteiger partial charge in [-0.25, -0.2) is 4.79 Å². The number of methoxy groups -OCH3 is 1. The highest BCUT2D eigenvalue weighted by Gasteiger charge is 2.18. The van der Waals surface area contributed by atoms with Crippen molar-refractivity contribution in [2.24, 2.45) is 5.73 Å². The van der Waals surface area contributed by atoms with E-state index in [-0.39, 0.29) is 0 Å². The van der Waals surface area contributed by atoms with E-state index >= 15 is 0 Å². The van der Waals surface area contributed by atoms with E-state index in [2.05, 4.69) is 36.6 Å². The van der Waals surface area contributed by atoms with Crippen LogP contribution in [0.3, 0.4) is 0 Å². The van der Waals surface area contributed by atoms with Crippen LogP contribution in [-0.2, 0) is 16.0 Å². The van der Waals surface area contributed by atoms with Gasteiger partial charge in [0, 0.05) is 0 Å². The molecule has 18 heavy (non-hydrogen) atoms. The van der Waals surface area contributed by atoms with Crippen molar-refractivity contribution in [1.29, 1.82) is 0 Å². The molecule has 0 aromatic heterocycles. The number of halogens is 2. The molecule has 0 heterocycles. The summed E-state index contributed by atoms with van der Waals surface area (Å²) in [4.78, 5) is 11.3. The molecule has 0 spiro atoms. The molecule has 0 bridgehead atoms. The zero-order valence-electron chi connectivity index (χ0n) is 10.2. The number of rotatable bonds is 5. The first-order valence-corrected chi connectivity index (χ1v) is 7.00. The van der Waals surface area contributed by atoms with E-state index in [4.69, 9.17) is 10.5 Å². The first-order valence-electron chi connectivity index (χ1n) is 5.42. The number of nitrogens with two attached hydrogens (primary N) is 1. The molecule has 2 N–H and O–H groups in total. The van der Waals surface area contributed by atoms with Crippen molar-refractivity contribution >= 4 is 37.8 Å². The number of hydrogen-bond acceptors (Lipinski definition) is 4. The molecule has 6 heteroatoms. The third kappa shape index (κ3) is 3.96. The maximum atomic E-state index is 11.3. The molecule has 1 aromatic carbocycles. The van der Waals surface area contributed by atoms with Crippen molar-refractivity contribution in [1.82, 2.24) is 0 Å². The van der Waals surface area contributed by atoms with Crippen LogP contribution in [0.25, 0.3) is 0 Å². The minimum absolute atomic E-state index is 0.417. The summed E-state index contributed by atoms with van der Waals surface area (Å²) < 4.78 is 11.7. The van der Waals surface area contributed by atoms with Gasteiger partial charge in [-0.15, -0.1) is 0 Å². The Labute approximate surface area is 123 Å². The lowest BCUT2D eigenvalue weighted by Crippen LogP contribution is -2.25. The van der Waals surface area contributed by atoms with Crippen molar-refractivity contribution < 1.29 is 14.3 Å². The number of hydrogen-bond donors (Lipinski definition) is 1. The summed E-state index contributed by atoms with van der Waals surface area (Å²) in [6, 6.07) is 3.86. The van der Waals surface area contributed by atoms with Gasteiger partial charge in [0.1, 0.15) is 5.75 Å². The maximum absolute atomic E-state index is 11.3. The smallest absolute Gasteiger partial charge is 0.346 e. The minimum Gasteiger partial charge on any atom is -0.477 e. The van der Waals surface area contributed by atoms with Crippen molar-refractivity contribution in [3.63, 3.8) is 0 Å². The summed E-state index contributed by atoms with van der Waals surface area (Å²) in [5.41, 5.74) is 6.61. The summed E-state index contributed by atoms with van der Waals surface area (Å²) in [7, 11) is 1.33. The van der Waals surface area contributed by atoms with Crippen LogP contribution in [0.4, 0.5) is 0 Å². The Morgan fingerprint density at radius 1 is 1.39 bits per heavy atom. The van der Waals surface area contributed by atoms with Gasteiger partial charge in [0.15, 0.2) is 6.10 Å². The highest BCUT2D eigenvalue weighted by molar-refractivity contribution is 9.11. The van der Waals surface area contributed by atoms with Gasteiger partial charge in [0.2, 0.25) is 0 Å². The summed E-state index contributed by atoms with van der Waals surface area (Å²) >= 11 is 6.84. The van der Waals surface area contributed by atoms with Gasteiger partial charge in [-0.2, -0.15) is 0 Å². The lowest BCUT2D eigenvalue weighted by atomic mass is 10.1. The lowest BCUT2D eigenvalue weighted by Gasteiger charge is -2.16. The fraction of sp³-hybridized carbons (Fsp3) is 0.417. The van der Waals surface area contributed by atoms with E-state index in [1.807, 2.05) is 12.1 Å². The Hall–Kier alpha value is -0.590. The van der Waals surface area contributed by atoms with Crippen LogP contribution in [0, 0.1) is 0 Å². The van der Waals surface area contributed by atoms with Crippen molar-refractivity contribution in [2.45, 2.75) is 19.4 Å². The van der Waals surface area contributed by atoms with Gasteiger partial charge in [-0.1, -0.05) is 0 Å². The van der Waals surface area contributed by atoms with E-state index < -0.39 is 12.1 Å². The van der Waals surface area contributed by atoms with Crippen LogP contribution >= 0.6 is 31.9 Å². The van der Waals surface area contributed by atoms with Gasteiger partial charge in [-0.05, 0) is 69.4 Å². The Bertz CT molecular complexity index is 414. The average molecular weight is 381 g/mol. The summed E-state index contributed by atoms with van der Waals surface area (Å²) in [5.74, 6) is 0.161.